The molecule has 0 aliphatic carbocycles. The van der Waals surface area contributed by atoms with Gasteiger partial charge in [-0.1, -0.05) is 12.1 Å². The second kappa shape index (κ2) is 16.6. The number of hydrogen-bond donors (Lipinski definition) is 1. The Morgan fingerprint density at radius 2 is 1.35 bits per heavy atom. The highest BCUT2D eigenvalue weighted by molar-refractivity contribution is 6.24. The number of nitrogens with one attached hydrogen (secondary N) is 1. The van der Waals surface area contributed by atoms with Crippen molar-refractivity contribution in [2.24, 2.45) is 5.92 Å². The number of pyridine rings is 1. The number of aromatic nitrogens is 1. The van der Waals surface area contributed by atoms with E-state index in [4.69, 9.17) is 9.40 Å². The molecule has 9 rings (SSSR count). The molecule has 5 aromatic rings. The van der Waals surface area contributed by atoms with Gasteiger partial charge in [-0.15, -0.1) is 0 Å². The van der Waals surface area contributed by atoms with Crippen LogP contribution < -0.4 is 5.32 Å². The molecule has 4 aliphatic rings. The smallest absolute Gasteiger partial charge is 0.269 e. The minimum Gasteiger partial charge on any atom is -0.463 e. The zero-order valence-electron chi connectivity index (χ0n) is 33.5. The van der Waals surface area contributed by atoms with Crippen molar-refractivity contribution in [1.29, 1.82) is 0 Å². The number of rotatable bonds is 9. The Morgan fingerprint density at radius 3 is 2.03 bits per heavy atom. The average molecular weight is 836 g/mol. The average Bonchev–Trinajstić information content (AvgIpc) is 3.93. The van der Waals surface area contributed by atoms with Crippen LogP contribution in [0.3, 0.4) is 0 Å². The van der Waals surface area contributed by atoms with Crippen LogP contribution in [0.2, 0.25) is 0 Å². The van der Waals surface area contributed by atoms with Gasteiger partial charge >= 0.3 is 0 Å². The summed E-state index contributed by atoms with van der Waals surface area (Å²) in [7, 11) is 0. The number of fused-ring (bicyclic) bond motifs is 1. The molecule has 16 heteroatoms. The fourth-order valence-electron chi connectivity index (χ4n) is 8.74. The van der Waals surface area contributed by atoms with Gasteiger partial charge in [-0.05, 0) is 103 Å². The number of nitro benzene ring substituents is 1. The van der Waals surface area contributed by atoms with Crippen LogP contribution in [0, 0.1) is 16.0 Å². The van der Waals surface area contributed by atoms with Gasteiger partial charge in [0.2, 0.25) is 11.8 Å². The normalized spacial score (nSPS) is 18.5. The van der Waals surface area contributed by atoms with Crippen molar-refractivity contribution in [2.75, 3.05) is 45.8 Å². The SMILES string of the molecule is O=C1CCC(N2C(=O)c3ccc(C(=O)N4CCC(CN5CCN(C(=O)c6ccc(-c7cc(-c8ccc([N+](=O)[O-])cc8)nc(-c8ccco8)c7)cc6)CC5)CC4)cc3C2=O)C(=O)N1. The predicted octanol–water partition coefficient (Wildman–Crippen LogP) is 5.30. The first-order valence-electron chi connectivity index (χ1n) is 20.6. The summed E-state index contributed by atoms with van der Waals surface area (Å²) in [5, 5.41) is 13.4. The monoisotopic (exact) mass is 835 g/mol. The van der Waals surface area contributed by atoms with E-state index in [0.29, 0.717) is 65.9 Å². The highest BCUT2D eigenvalue weighted by atomic mass is 16.6. The first kappa shape index (κ1) is 40.1. The molecule has 0 spiro atoms. The maximum atomic E-state index is 13.6. The molecule has 6 heterocycles. The molecule has 2 aromatic heterocycles. The van der Waals surface area contributed by atoms with Gasteiger partial charge in [0.25, 0.3) is 29.3 Å². The molecular formula is C46H41N7O9. The Morgan fingerprint density at radius 1 is 0.710 bits per heavy atom. The second-order valence-electron chi connectivity index (χ2n) is 16.0. The third kappa shape index (κ3) is 7.87. The fraction of sp³-hybridized carbons (Fsp3) is 0.283. The lowest BCUT2D eigenvalue weighted by Gasteiger charge is -2.39. The lowest BCUT2D eigenvalue weighted by molar-refractivity contribution is -0.384. The Balaban J connectivity index is 0.773. The van der Waals surface area contributed by atoms with Gasteiger partial charge in [0, 0.05) is 81.1 Å². The number of nitrogens with zero attached hydrogens (tertiary/aromatic N) is 6. The van der Waals surface area contributed by atoms with E-state index >= 15 is 0 Å². The van der Waals surface area contributed by atoms with Crippen LogP contribution >= 0.6 is 0 Å². The van der Waals surface area contributed by atoms with E-state index in [-0.39, 0.29) is 41.5 Å². The summed E-state index contributed by atoms with van der Waals surface area (Å²) in [5.41, 5.74) is 4.75. The maximum Gasteiger partial charge on any atom is 0.269 e. The van der Waals surface area contributed by atoms with Crippen LogP contribution in [-0.4, -0.2) is 117 Å². The van der Waals surface area contributed by atoms with Gasteiger partial charge in [-0.25, -0.2) is 4.98 Å². The molecule has 16 nitrogen and oxygen atoms in total. The Kier molecular flexibility index (Phi) is 10.7. The molecule has 0 radical (unpaired) electrons. The van der Waals surface area contributed by atoms with Gasteiger partial charge < -0.3 is 14.2 Å². The Hall–Kier alpha value is -7.33. The van der Waals surface area contributed by atoms with E-state index in [9.17, 15) is 38.9 Å². The number of hydrogen-bond acceptors (Lipinski definition) is 11. The number of nitro groups is 1. The summed E-state index contributed by atoms with van der Waals surface area (Å²) in [6, 6.07) is 24.5. The Bertz CT molecular complexity index is 2610. The van der Waals surface area contributed by atoms with Gasteiger partial charge in [0.1, 0.15) is 11.7 Å². The number of non-ortho nitro benzene ring substituents is 1. The van der Waals surface area contributed by atoms with Crippen molar-refractivity contribution < 1.29 is 38.1 Å². The van der Waals surface area contributed by atoms with Crippen LogP contribution in [0.1, 0.15) is 67.1 Å². The summed E-state index contributed by atoms with van der Waals surface area (Å²) in [4.78, 5) is 100. The van der Waals surface area contributed by atoms with E-state index in [1.54, 1.807) is 35.4 Å². The van der Waals surface area contributed by atoms with Crippen molar-refractivity contribution >= 4 is 41.1 Å². The molecule has 3 aromatic carbocycles. The third-order valence-corrected chi connectivity index (χ3v) is 12.2. The second-order valence-corrected chi connectivity index (χ2v) is 16.0. The summed E-state index contributed by atoms with van der Waals surface area (Å²) in [5.74, 6) is -1.70. The van der Waals surface area contributed by atoms with E-state index < -0.39 is 34.6 Å². The van der Waals surface area contributed by atoms with Crippen molar-refractivity contribution in [3.05, 3.63) is 130 Å². The molecule has 1 atom stereocenters. The highest BCUT2D eigenvalue weighted by Gasteiger charge is 2.45. The predicted molar refractivity (Wildman–Crippen MR) is 224 cm³/mol. The van der Waals surface area contributed by atoms with Gasteiger partial charge in [-0.2, -0.15) is 0 Å². The highest BCUT2D eigenvalue weighted by Crippen LogP contribution is 2.33. The number of amides is 6. The standard InChI is InChI=1S/C46H41N7O9/c54-41-14-13-39(42(55)48-41)52-45(58)35-12-9-32(24-36(35)46(52)59)44(57)50-17-15-28(16-18-50)27-49-19-21-51(22-20-49)43(56)31-5-3-29(4-6-31)33-25-37(30-7-10-34(11-8-30)53(60)61)47-38(26-33)40-2-1-23-62-40/h1-12,23-26,28,39H,13-22,27H2,(H,48,54,55). The van der Waals surface area contributed by atoms with Crippen molar-refractivity contribution in [3.63, 3.8) is 0 Å². The number of benzene rings is 3. The Labute approximate surface area is 355 Å². The van der Waals surface area contributed by atoms with Crippen LogP contribution in [-0.2, 0) is 9.59 Å². The first-order chi connectivity index (χ1) is 30.0. The van der Waals surface area contributed by atoms with Crippen LogP contribution in [0.25, 0.3) is 33.8 Å². The molecule has 6 amide bonds. The quantitative estimate of drug-likeness (QED) is 0.115. The summed E-state index contributed by atoms with van der Waals surface area (Å²) >= 11 is 0. The summed E-state index contributed by atoms with van der Waals surface area (Å²) in [6.07, 6.45) is 3.26. The minimum atomic E-state index is -1.07. The number of piperazine rings is 1. The number of furan rings is 1. The maximum absolute atomic E-state index is 13.6. The number of likely N-dealkylation sites (tertiary alicyclic amines) is 1. The van der Waals surface area contributed by atoms with Crippen molar-refractivity contribution in [3.8, 4) is 33.8 Å². The minimum absolute atomic E-state index is 0.00905. The van der Waals surface area contributed by atoms with Crippen LogP contribution in [0.15, 0.2) is 102 Å². The lowest BCUT2D eigenvalue weighted by atomic mass is 9.95. The number of carbonyl (C=O) groups excluding carboxylic acids is 6. The zero-order valence-corrected chi connectivity index (χ0v) is 33.5. The van der Waals surface area contributed by atoms with E-state index in [2.05, 4.69) is 10.2 Å². The topological polar surface area (TPSA) is 197 Å². The van der Waals surface area contributed by atoms with Crippen molar-refractivity contribution in [1.82, 2.24) is 29.9 Å². The number of carbonyl (C=O) groups is 6. The molecule has 3 fully saturated rings. The summed E-state index contributed by atoms with van der Waals surface area (Å²) < 4.78 is 5.63. The molecule has 314 valence electrons. The van der Waals surface area contributed by atoms with Crippen LogP contribution in [0.5, 0.6) is 0 Å². The third-order valence-electron chi connectivity index (χ3n) is 12.2. The molecular weight excluding hydrogens is 795 g/mol. The van der Waals surface area contributed by atoms with Gasteiger partial charge in [-0.3, -0.25) is 54.0 Å². The first-order valence-corrected chi connectivity index (χ1v) is 20.6. The molecule has 4 aliphatic heterocycles. The molecule has 62 heavy (non-hydrogen) atoms. The molecule has 0 saturated carbocycles. The zero-order chi connectivity index (χ0) is 43.1. The summed E-state index contributed by atoms with van der Waals surface area (Å²) in [6.45, 7) is 4.61. The van der Waals surface area contributed by atoms with Crippen LogP contribution in [0.4, 0.5) is 5.69 Å². The fourth-order valence-corrected chi connectivity index (χ4v) is 8.74. The number of imide groups is 2. The van der Waals surface area contributed by atoms with E-state index in [1.807, 2.05) is 47.4 Å². The van der Waals surface area contributed by atoms with E-state index in [0.717, 1.165) is 48.5 Å². The molecule has 1 N–H and O–H groups in total. The molecule has 0 bridgehead atoms. The largest absolute Gasteiger partial charge is 0.463 e. The molecule has 1 unspecified atom stereocenters. The number of piperidine rings is 2. The van der Waals surface area contributed by atoms with Gasteiger partial charge in [0.15, 0.2) is 5.76 Å². The van der Waals surface area contributed by atoms with Crippen molar-refractivity contribution in [2.45, 2.75) is 31.7 Å². The molecule has 3 saturated heterocycles. The van der Waals surface area contributed by atoms with Gasteiger partial charge in [0.05, 0.1) is 28.0 Å². The lowest BCUT2D eigenvalue weighted by Crippen LogP contribution is -2.54. The van der Waals surface area contributed by atoms with E-state index in [1.165, 1.54) is 24.3 Å².